The van der Waals surface area contributed by atoms with E-state index in [2.05, 4.69) is 5.32 Å². The maximum atomic E-state index is 12.5. The first-order valence-corrected chi connectivity index (χ1v) is 6.74. The summed E-state index contributed by atoms with van der Waals surface area (Å²) in [6, 6.07) is 0.118. The van der Waals surface area contributed by atoms with Crippen molar-refractivity contribution in [3.05, 3.63) is 0 Å². The minimum absolute atomic E-state index is 0.0493. The van der Waals surface area contributed by atoms with Gasteiger partial charge < -0.3 is 20.1 Å². The number of carbonyl (C=O) groups is 2. The number of nitrogens with one attached hydrogen (secondary N) is 1. The van der Waals surface area contributed by atoms with Crippen molar-refractivity contribution in [3.8, 4) is 0 Å². The smallest absolute Gasteiger partial charge is 0.303 e. The number of hydrogen-bond acceptors (Lipinski definition) is 4. The number of carboxylic acids is 1. The average Bonchev–Trinajstić information content (AvgIpc) is 2.81. The molecule has 0 spiro atoms. The van der Waals surface area contributed by atoms with E-state index in [1.807, 2.05) is 20.9 Å². The fraction of sp³-hybridized carbons (Fsp3) is 0.846. The van der Waals surface area contributed by atoms with Gasteiger partial charge in [-0.15, -0.1) is 0 Å². The van der Waals surface area contributed by atoms with Crippen molar-refractivity contribution in [3.63, 3.8) is 0 Å². The van der Waals surface area contributed by atoms with Gasteiger partial charge in [0, 0.05) is 25.0 Å². The second-order valence-electron chi connectivity index (χ2n) is 5.16. The monoisotopic (exact) mass is 272 g/mol. The molecule has 1 heterocycles. The highest BCUT2D eigenvalue weighted by molar-refractivity contribution is 5.80. The summed E-state index contributed by atoms with van der Waals surface area (Å²) in [4.78, 5) is 24.8. The number of nitrogens with zero attached hydrogens (tertiary/aromatic N) is 1. The number of likely N-dealkylation sites (N-methyl/N-ethyl adjacent to an activating group) is 1. The largest absolute Gasteiger partial charge is 0.481 e. The molecular formula is C13H24N2O4. The molecular weight excluding hydrogens is 248 g/mol. The van der Waals surface area contributed by atoms with Gasteiger partial charge in [0.25, 0.3) is 0 Å². The Hall–Kier alpha value is -1.14. The molecule has 1 aliphatic rings. The molecule has 19 heavy (non-hydrogen) atoms. The molecule has 0 aromatic heterocycles. The van der Waals surface area contributed by atoms with Crippen molar-refractivity contribution in [2.24, 2.45) is 5.92 Å². The van der Waals surface area contributed by atoms with Crippen LogP contribution >= 0.6 is 0 Å². The highest BCUT2D eigenvalue weighted by atomic mass is 16.5. The van der Waals surface area contributed by atoms with Crippen molar-refractivity contribution >= 4 is 11.9 Å². The predicted molar refractivity (Wildman–Crippen MR) is 70.9 cm³/mol. The molecule has 1 aliphatic heterocycles. The first-order chi connectivity index (χ1) is 8.97. The summed E-state index contributed by atoms with van der Waals surface area (Å²) in [6.45, 7) is 5.36. The Morgan fingerprint density at radius 3 is 2.63 bits per heavy atom. The van der Waals surface area contributed by atoms with E-state index < -0.39 is 5.97 Å². The van der Waals surface area contributed by atoms with Crippen LogP contribution < -0.4 is 5.32 Å². The molecule has 110 valence electrons. The first-order valence-electron chi connectivity index (χ1n) is 6.74. The summed E-state index contributed by atoms with van der Waals surface area (Å²) in [5.74, 6) is -0.942. The summed E-state index contributed by atoms with van der Waals surface area (Å²) in [5.41, 5.74) is 0. The fourth-order valence-electron chi connectivity index (χ4n) is 2.32. The van der Waals surface area contributed by atoms with E-state index in [1.54, 1.807) is 4.90 Å². The Morgan fingerprint density at radius 1 is 1.42 bits per heavy atom. The summed E-state index contributed by atoms with van der Waals surface area (Å²) in [7, 11) is 1.82. The van der Waals surface area contributed by atoms with Crippen molar-refractivity contribution in [1.29, 1.82) is 0 Å². The van der Waals surface area contributed by atoms with Crippen LogP contribution in [-0.4, -0.2) is 60.8 Å². The molecule has 0 radical (unpaired) electrons. The number of amides is 1. The lowest BCUT2D eigenvalue weighted by Crippen LogP contribution is -2.47. The van der Waals surface area contributed by atoms with Crippen LogP contribution in [0.2, 0.25) is 0 Å². The van der Waals surface area contributed by atoms with E-state index in [0.29, 0.717) is 26.2 Å². The van der Waals surface area contributed by atoms with Gasteiger partial charge in [-0.05, 0) is 27.3 Å². The Kier molecular flexibility index (Phi) is 6.24. The van der Waals surface area contributed by atoms with Crippen molar-refractivity contribution in [2.45, 2.75) is 38.8 Å². The van der Waals surface area contributed by atoms with Crippen LogP contribution in [0.5, 0.6) is 0 Å². The first kappa shape index (κ1) is 15.9. The van der Waals surface area contributed by atoms with Crippen LogP contribution in [-0.2, 0) is 14.3 Å². The molecule has 1 saturated heterocycles. The summed E-state index contributed by atoms with van der Waals surface area (Å²) >= 11 is 0. The third-order valence-electron chi connectivity index (χ3n) is 3.46. The number of rotatable bonds is 7. The number of carbonyl (C=O) groups excluding carboxylic acids is 1. The second-order valence-corrected chi connectivity index (χ2v) is 5.16. The topological polar surface area (TPSA) is 78.9 Å². The lowest BCUT2D eigenvalue weighted by molar-refractivity contribution is -0.140. The summed E-state index contributed by atoms with van der Waals surface area (Å²) in [5, 5.41) is 11.8. The molecule has 1 fully saturated rings. The van der Waals surface area contributed by atoms with Crippen LogP contribution in [0.1, 0.15) is 26.7 Å². The van der Waals surface area contributed by atoms with Crippen LogP contribution in [0, 0.1) is 5.92 Å². The van der Waals surface area contributed by atoms with E-state index in [1.165, 1.54) is 0 Å². The van der Waals surface area contributed by atoms with Crippen molar-refractivity contribution in [1.82, 2.24) is 10.2 Å². The Bertz CT molecular complexity index is 320. The standard InChI is InChI=1S/C13H24N2O4/c1-9(2)15(6-4-5-12(16)17)13(18)10-7-19-8-11(10)14-3/h9-11,14H,4-8H2,1-3H3,(H,16,17). The Balaban J connectivity index is 2.59. The second kappa shape index (κ2) is 7.45. The maximum Gasteiger partial charge on any atom is 0.303 e. The molecule has 0 aliphatic carbocycles. The highest BCUT2D eigenvalue weighted by Crippen LogP contribution is 2.18. The van der Waals surface area contributed by atoms with Gasteiger partial charge in [0.05, 0.1) is 19.1 Å². The van der Waals surface area contributed by atoms with Crippen LogP contribution in [0.3, 0.4) is 0 Å². The highest BCUT2D eigenvalue weighted by Gasteiger charge is 2.36. The van der Waals surface area contributed by atoms with Gasteiger partial charge >= 0.3 is 5.97 Å². The minimum Gasteiger partial charge on any atom is -0.481 e. The zero-order chi connectivity index (χ0) is 14.4. The maximum absolute atomic E-state index is 12.5. The van der Waals surface area contributed by atoms with Gasteiger partial charge in [0.2, 0.25) is 5.91 Å². The van der Waals surface area contributed by atoms with E-state index in [4.69, 9.17) is 9.84 Å². The average molecular weight is 272 g/mol. The van der Waals surface area contributed by atoms with Gasteiger partial charge in [-0.2, -0.15) is 0 Å². The molecule has 1 rings (SSSR count). The molecule has 2 atom stereocenters. The molecule has 2 unspecified atom stereocenters. The predicted octanol–water partition coefficient (Wildman–Crippen LogP) is 0.323. The van der Waals surface area contributed by atoms with Gasteiger partial charge in [-0.25, -0.2) is 0 Å². The molecule has 1 amide bonds. The molecule has 0 aromatic rings. The number of ether oxygens (including phenoxy) is 1. The lowest BCUT2D eigenvalue weighted by Gasteiger charge is -2.30. The van der Waals surface area contributed by atoms with Gasteiger partial charge in [0.1, 0.15) is 0 Å². The van der Waals surface area contributed by atoms with E-state index in [-0.39, 0.29) is 30.3 Å². The zero-order valence-corrected chi connectivity index (χ0v) is 11.9. The van der Waals surface area contributed by atoms with Crippen LogP contribution in [0.4, 0.5) is 0 Å². The summed E-state index contributed by atoms with van der Waals surface area (Å²) < 4.78 is 5.35. The third-order valence-corrected chi connectivity index (χ3v) is 3.46. The quantitative estimate of drug-likeness (QED) is 0.698. The fourth-order valence-corrected chi connectivity index (χ4v) is 2.32. The summed E-state index contributed by atoms with van der Waals surface area (Å²) in [6.07, 6.45) is 0.574. The third kappa shape index (κ3) is 4.47. The Labute approximate surface area is 114 Å². The number of carboxylic acid groups (broad SMARTS) is 1. The van der Waals surface area contributed by atoms with Gasteiger partial charge in [0.15, 0.2) is 0 Å². The number of hydrogen-bond donors (Lipinski definition) is 2. The van der Waals surface area contributed by atoms with E-state index in [0.717, 1.165) is 0 Å². The molecule has 6 heteroatoms. The molecule has 0 bridgehead atoms. The molecule has 0 saturated carbocycles. The Morgan fingerprint density at radius 2 is 2.11 bits per heavy atom. The SMILES string of the molecule is CNC1COCC1C(=O)N(CCCC(=O)O)C(C)C. The van der Waals surface area contributed by atoms with Crippen LogP contribution in [0.25, 0.3) is 0 Å². The normalized spacial score (nSPS) is 22.7. The molecule has 2 N–H and O–H groups in total. The van der Waals surface area contributed by atoms with E-state index >= 15 is 0 Å². The van der Waals surface area contributed by atoms with Crippen molar-refractivity contribution in [2.75, 3.05) is 26.8 Å². The molecule has 0 aromatic carbocycles. The van der Waals surface area contributed by atoms with Crippen molar-refractivity contribution < 1.29 is 19.4 Å². The zero-order valence-electron chi connectivity index (χ0n) is 11.9. The molecule has 6 nitrogen and oxygen atoms in total. The van der Waals surface area contributed by atoms with Crippen LogP contribution in [0.15, 0.2) is 0 Å². The number of aliphatic carboxylic acids is 1. The van der Waals surface area contributed by atoms with E-state index in [9.17, 15) is 9.59 Å². The van der Waals surface area contributed by atoms with Gasteiger partial charge in [-0.3, -0.25) is 9.59 Å². The minimum atomic E-state index is -0.826. The lowest BCUT2D eigenvalue weighted by atomic mass is 10.0. The van der Waals surface area contributed by atoms with Gasteiger partial charge in [-0.1, -0.05) is 0 Å².